The Labute approximate surface area is 255 Å². The van der Waals surface area contributed by atoms with E-state index in [1.54, 1.807) is 18.2 Å². The summed E-state index contributed by atoms with van der Waals surface area (Å²) >= 11 is 29.4. The maximum Gasteiger partial charge on any atom is 0.153 e. The fourth-order valence-corrected chi connectivity index (χ4v) is 5.02. The highest BCUT2D eigenvalue weighted by Gasteiger charge is 2.16. The van der Waals surface area contributed by atoms with E-state index in [2.05, 4.69) is 15.9 Å². The van der Waals surface area contributed by atoms with Crippen molar-refractivity contribution in [1.29, 1.82) is 0 Å². The fourth-order valence-electron chi connectivity index (χ4n) is 3.79. The van der Waals surface area contributed by atoms with Crippen LogP contribution in [0, 0.1) is 0 Å². The van der Waals surface area contributed by atoms with Gasteiger partial charge in [-0.1, -0.05) is 105 Å². The second-order valence-corrected chi connectivity index (χ2v) is 10.8. The first-order valence-electron chi connectivity index (χ1n) is 11.9. The molecule has 4 rings (SSSR count). The predicted molar refractivity (Wildman–Crippen MR) is 163 cm³/mol. The van der Waals surface area contributed by atoms with Crippen molar-refractivity contribution in [2.45, 2.75) is 19.6 Å². The molecule has 0 saturated carbocycles. The Morgan fingerprint density at radius 2 is 1.44 bits per heavy atom. The summed E-state index contributed by atoms with van der Waals surface area (Å²) in [7, 11) is 0. The molecule has 202 valence electrons. The summed E-state index contributed by atoms with van der Waals surface area (Å²) in [5.74, 6) is 1.29. The van der Waals surface area contributed by atoms with Gasteiger partial charge in [-0.15, -0.1) is 0 Å². The van der Waals surface area contributed by atoms with Gasteiger partial charge in [0.1, 0.15) is 30.5 Å². The molecule has 0 aliphatic heterocycles. The number of ether oxygens (including phenoxy) is 3. The van der Waals surface area contributed by atoms with Crippen LogP contribution >= 0.6 is 62.3 Å². The Morgan fingerprint density at radius 3 is 2.18 bits per heavy atom. The number of hydrogen-bond donors (Lipinski definition) is 0. The number of hydrogen-bond acceptors (Lipinski definition) is 4. The summed E-state index contributed by atoms with van der Waals surface area (Å²) < 4.78 is 17.7. The van der Waals surface area contributed by atoms with Gasteiger partial charge in [0.2, 0.25) is 0 Å². The summed E-state index contributed by atoms with van der Waals surface area (Å²) in [5.41, 5.74) is 3.40. The van der Waals surface area contributed by atoms with Crippen molar-refractivity contribution in [3.63, 3.8) is 0 Å². The van der Waals surface area contributed by atoms with Crippen molar-refractivity contribution in [3.8, 4) is 28.4 Å². The van der Waals surface area contributed by atoms with Crippen LogP contribution in [0.4, 0.5) is 0 Å². The molecule has 0 N–H and O–H groups in total. The van der Waals surface area contributed by atoms with Gasteiger partial charge in [0.15, 0.2) is 6.29 Å². The lowest BCUT2D eigenvalue weighted by molar-refractivity contribution is 0.111. The first-order chi connectivity index (χ1) is 18.9. The Kier molecular flexibility index (Phi) is 10.8. The van der Waals surface area contributed by atoms with Gasteiger partial charge >= 0.3 is 0 Å². The van der Waals surface area contributed by atoms with Crippen LogP contribution in [0.25, 0.3) is 11.1 Å². The second kappa shape index (κ2) is 14.3. The topological polar surface area (TPSA) is 44.8 Å². The van der Waals surface area contributed by atoms with Crippen LogP contribution in [0.3, 0.4) is 0 Å². The van der Waals surface area contributed by atoms with E-state index in [4.69, 9.17) is 60.6 Å². The molecule has 9 heteroatoms. The number of carbonyl (C=O) groups excluding carboxylic acids is 1. The molecule has 4 nitrogen and oxygen atoms in total. The van der Waals surface area contributed by atoms with Gasteiger partial charge in [-0.3, -0.25) is 4.79 Å². The van der Waals surface area contributed by atoms with E-state index in [1.165, 1.54) is 6.07 Å². The highest BCUT2D eigenvalue weighted by molar-refractivity contribution is 9.09. The molecule has 0 saturated heterocycles. The van der Waals surface area contributed by atoms with Crippen molar-refractivity contribution in [2.75, 3.05) is 11.9 Å². The highest BCUT2D eigenvalue weighted by atomic mass is 79.9. The second-order valence-electron chi connectivity index (χ2n) is 8.43. The Bertz CT molecular complexity index is 1460. The first-order valence-corrected chi connectivity index (χ1v) is 14.6. The molecule has 4 aromatic rings. The van der Waals surface area contributed by atoms with Gasteiger partial charge in [-0.25, -0.2) is 0 Å². The zero-order valence-corrected chi connectivity index (χ0v) is 25.2. The van der Waals surface area contributed by atoms with E-state index in [0.29, 0.717) is 50.8 Å². The number of carbonyl (C=O) groups is 1. The smallest absolute Gasteiger partial charge is 0.153 e. The molecule has 0 aromatic heterocycles. The van der Waals surface area contributed by atoms with Crippen molar-refractivity contribution in [2.24, 2.45) is 0 Å². The molecule has 0 atom stereocenters. The van der Waals surface area contributed by atoms with Crippen molar-refractivity contribution in [1.82, 2.24) is 0 Å². The first kappa shape index (κ1) is 29.6. The Morgan fingerprint density at radius 1 is 0.718 bits per heavy atom. The van der Waals surface area contributed by atoms with Crippen molar-refractivity contribution >= 4 is 68.6 Å². The number of halogens is 5. The standard InChI is InChI=1S/C30H23BrCl4O4/c31-11-4-12-37-26-10-3-9-24(30(26)35)23-8-2-6-20(29(23)34)18-39-28-15-27(21(16-36)14-25(28)33)38-17-19-5-1-7-22(32)13-19/h1-3,5-10,13-16H,4,11-12,17-18H2. The van der Waals surface area contributed by atoms with Crippen LogP contribution in [0.2, 0.25) is 20.1 Å². The van der Waals surface area contributed by atoms with Crippen LogP contribution in [0.15, 0.2) is 72.8 Å². The fraction of sp³-hybridized carbons (Fsp3) is 0.167. The predicted octanol–water partition coefficient (Wildman–Crippen LogP) is 10.1. The third-order valence-electron chi connectivity index (χ3n) is 5.73. The number of rotatable bonds is 12. The lowest BCUT2D eigenvalue weighted by atomic mass is 10.0. The van der Waals surface area contributed by atoms with Crippen LogP contribution in [0.1, 0.15) is 27.9 Å². The van der Waals surface area contributed by atoms with Crippen LogP contribution in [0.5, 0.6) is 17.2 Å². The summed E-state index contributed by atoms with van der Waals surface area (Å²) in [6.07, 6.45) is 1.54. The van der Waals surface area contributed by atoms with Gasteiger partial charge in [-0.05, 0) is 36.2 Å². The number of benzene rings is 4. The van der Waals surface area contributed by atoms with Crippen molar-refractivity contribution in [3.05, 3.63) is 110 Å². The third kappa shape index (κ3) is 7.62. The van der Waals surface area contributed by atoms with E-state index in [0.717, 1.165) is 34.0 Å². The van der Waals surface area contributed by atoms with E-state index in [9.17, 15) is 4.79 Å². The van der Waals surface area contributed by atoms with Crippen LogP contribution in [-0.4, -0.2) is 18.2 Å². The molecule has 0 fully saturated rings. The average Bonchev–Trinajstić information content (AvgIpc) is 2.93. The van der Waals surface area contributed by atoms with E-state index >= 15 is 0 Å². The van der Waals surface area contributed by atoms with E-state index in [1.807, 2.05) is 48.5 Å². The molecule has 0 heterocycles. The molecule has 0 aliphatic rings. The van der Waals surface area contributed by atoms with Gasteiger partial charge in [0.25, 0.3) is 0 Å². The van der Waals surface area contributed by atoms with Gasteiger partial charge in [0, 0.05) is 33.1 Å². The molecular weight excluding hydrogens is 646 g/mol. The van der Waals surface area contributed by atoms with Gasteiger partial charge < -0.3 is 14.2 Å². The quantitative estimate of drug-likeness (QED) is 0.0856. The molecule has 0 aliphatic carbocycles. The molecule has 0 spiro atoms. The minimum atomic E-state index is 0.125. The maximum atomic E-state index is 11.6. The minimum absolute atomic E-state index is 0.125. The molecule has 0 bridgehead atoms. The average molecular weight is 669 g/mol. The third-order valence-corrected chi connectivity index (χ3v) is 7.65. The van der Waals surface area contributed by atoms with Gasteiger partial charge in [-0.2, -0.15) is 0 Å². The SMILES string of the molecule is O=Cc1cc(Cl)c(OCc2cccc(-c3cccc(OCCCBr)c3Cl)c2Cl)cc1OCc1cccc(Cl)c1. The summed E-state index contributed by atoms with van der Waals surface area (Å²) in [5, 5.41) is 2.70. The molecular formula is C30H23BrCl4O4. The van der Waals surface area contributed by atoms with Gasteiger partial charge in [0.05, 0.1) is 27.2 Å². The monoisotopic (exact) mass is 666 g/mol. The van der Waals surface area contributed by atoms with Crippen molar-refractivity contribution < 1.29 is 19.0 Å². The minimum Gasteiger partial charge on any atom is -0.492 e. The zero-order valence-electron chi connectivity index (χ0n) is 20.6. The molecule has 0 unspecified atom stereocenters. The summed E-state index contributed by atoms with van der Waals surface area (Å²) in [4.78, 5) is 11.6. The number of alkyl halides is 1. The number of aldehydes is 1. The van der Waals surface area contributed by atoms with Crippen LogP contribution < -0.4 is 14.2 Å². The van der Waals surface area contributed by atoms with Crippen LogP contribution in [-0.2, 0) is 13.2 Å². The molecule has 0 radical (unpaired) electrons. The lowest BCUT2D eigenvalue weighted by Gasteiger charge is -2.16. The van der Waals surface area contributed by atoms with E-state index < -0.39 is 0 Å². The Hall–Kier alpha value is -2.41. The summed E-state index contributed by atoms with van der Waals surface area (Å²) in [6, 6.07) is 21.6. The van der Waals surface area contributed by atoms with E-state index in [-0.39, 0.29) is 18.2 Å². The molecule has 39 heavy (non-hydrogen) atoms. The molecule has 4 aromatic carbocycles. The molecule has 0 amide bonds. The Balaban J connectivity index is 1.54. The zero-order chi connectivity index (χ0) is 27.8. The highest BCUT2D eigenvalue weighted by Crippen LogP contribution is 2.40. The largest absolute Gasteiger partial charge is 0.492 e. The lowest BCUT2D eigenvalue weighted by Crippen LogP contribution is -2.02. The maximum absolute atomic E-state index is 11.6. The summed E-state index contributed by atoms with van der Waals surface area (Å²) in [6.45, 7) is 0.889. The normalized spacial score (nSPS) is 10.8.